The third kappa shape index (κ3) is 3.41. The molecule has 3 rings (SSSR count). The van der Waals surface area contributed by atoms with Crippen molar-refractivity contribution in [2.45, 2.75) is 32.1 Å². The van der Waals surface area contributed by atoms with Crippen LogP contribution in [0.5, 0.6) is 5.88 Å². The van der Waals surface area contributed by atoms with Gasteiger partial charge in [0.25, 0.3) is 5.91 Å². The molecule has 0 bridgehead atoms. The number of pyridine rings is 1. The van der Waals surface area contributed by atoms with E-state index in [1.165, 1.54) is 0 Å². The number of nitrogens with zero attached hydrogens (tertiary/aromatic N) is 3. The molecule has 0 atom stereocenters. The van der Waals surface area contributed by atoms with Crippen LogP contribution in [0, 0.1) is 0 Å². The normalized spacial score (nSPS) is 13.9. The fraction of sp³-hybridized carbons (Fsp3) is 0.467. The van der Waals surface area contributed by atoms with Crippen molar-refractivity contribution in [2.24, 2.45) is 0 Å². The minimum absolute atomic E-state index is 0.224. The summed E-state index contributed by atoms with van der Waals surface area (Å²) < 4.78 is 10.5. The Morgan fingerprint density at radius 3 is 3.14 bits per heavy atom. The fourth-order valence-corrected chi connectivity index (χ4v) is 2.07. The summed E-state index contributed by atoms with van der Waals surface area (Å²) >= 11 is 0. The Hall–Kier alpha value is -2.44. The van der Waals surface area contributed by atoms with E-state index in [1.807, 2.05) is 6.92 Å². The number of carbonyl (C=O) groups is 1. The highest BCUT2D eigenvalue weighted by Crippen LogP contribution is 2.38. The molecule has 1 aliphatic rings. The second kappa shape index (κ2) is 6.55. The molecule has 2 aromatic heterocycles. The molecule has 7 heteroatoms. The van der Waals surface area contributed by atoms with Crippen molar-refractivity contribution in [3.05, 3.63) is 35.6 Å². The molecule has 0 aliphatic heterocycles. The van der Waals surface area contributed by atoms with E-state index in [2.05, 4.69) is 20.4 Å². The van der Waals surface area contributed by atoms with Crippen LogP contribution in [0.2, 0.25) is 0 Å². The van der Waals surface area contributed by atoms with Crippen molar-refractivity contribution in [1.82, 2.24) is 20.4 Å². The molecule has 1 N–H and O–H groups in total. The maximum Gasteiger partial charge on any atom is 0.256 e. The molecule has 1 saturated carbocycles. The number of aromatic nitrogens is 3. The van der Waals surface area contributed by atoms with Crippen LogP contribution < -0.4 is 10.1 Å². The van der Waals surface area contributed by atoms with Gasteiger partial charge in [0.05, 0.1) is 6.61 Å². The Kier molecular flexibility index (Phi) is 4.32. The summed E-state index contributed by atoms with van der Waals surface area (Å²) in [7, 11) is 0. The monoisotopic (exact) mass is 302 g/mol. The van der Waals surface area contributed by atoms with Gasteiger partial charge in [0.2, 0.25) is 11.8 Å². The standard InChI is InChI=1S/C15H18N4O3/c1-2-21-15-11(4-3-8-17-15)14(20)16-9-7-12-18-13(19-22-12)10-5-6-10/h3-4,8,10H,2,5-7,9H2,1H3,(H,16,20). The summed E-state index contributed by atoms with van der Waals surface area (Å²) in [5.41, 5.74) is 0.425. The van der Waals surface area contributed by atoms with E-state index in [0.29, 0.717) is 42.8 Å². The van der Waals surface area contributed by atoms with Crippen molar-refractivity contribution in [2.75, 3.05) is 13.2 Å². The van der Waals surface area contributed by atoms with Crippen LogP contribution in [0.25, 0.3) is 0 Å². The van der Waals surface area contributed by atoms with Gasteiger partial charge in [0.15, 0.2) is 5.82 Å². The Balaban J connectivity index is 1.53. The predicted molar refractivity (Wildman–Crippen MR) is 77.7 cm³/mol. The van der Waals surface area contributed by atoms with E-state index in [1.54, 1.807) is 18.3 Å². The summed E-state index contributed by atoms with van der Waals surface area (Å²) in [5.74, 6) is 1.93. The van der Waals surface area contributed by atoms with Gasteiger partial charge in [-0.1, -0.05) is 5.16 Å². The minimum Gasteiger partial charge on any atom is -0.477 e. The Morgan fingerprint density at radius 2 is 2.36 bits per heavy atom. The van der Waals surface area contributed by atoms with Gasteiger partial charge in [-0.3, -0.25) is 4.79 Å². The van der Waals surface area contributed by atoms with E-state index in [4.69, 9.17) is 9.26 Å². The highest BCUT2D eigenvalue weighted by Gasteiger charge is 2.28. The first kappa shape index (κ1) is 14.5. The average molecular weight is 302 g/mol. The lowest BCUT2D eigenvalue weighted by molar-refractivity contribution is 0.0948. The molecular formula is C15H18N4O3. The molecule has 1 aliphatic carbocycles. The average Bonchev–Trinajstić information content (AvgIpc) is 3.28. The van der Waals surface area contributed by atoms with Gasteiger partial charge in [-0.2, -0.15) is 4.98 Å². The zero-order valence-electron chi connectivity index (χ0n) is 12.4. The van der Waals surface area contributed by atoms with Crippen LogP contribution in [0.15, 0.2) is 22.9 Å². The first-order valence-corrected chi connectivity index (χ1v) is 7.46. The van der Waals surface area contributed by atoms with E-state index < -0.39 is 0 Å². The number of ether oxygens (including phenoxy) is 1. The largest absolute Gasteiger partial charge is 0.477 e. The molecular weight excluding hydrogens is 284 g/mol. The molecule has 0 aromatic carbocycles. The molecule has 1 amide bonds. The zero-order valence-corrected chi connectivity index (χ0v) is 12.4. The van der Waals surface area contributed by atoms with Crippen LogP contribution in [-0.4, -0.2) is 34.2 Å². The van der Waals surface area contributed by atoms with Crippen molar-refractivity contribution >= 4 is 5.91 Å². The molecule has 0 radical (unpaired) electrons. The minimum atomic E-state index is -0.224. The zero-order chi connectivity index (χ0) is 15.4. The van der Waals surface area contributed by atoms with Gasteiger partial charge < -0.3 is 14.6 Å². The van der Waals surface area contributed by atoms with Gasteiger partial charge in [0.1, 0.15) is 5.56 Å². The predicted octanol–water partition coefficient (Wildman–Crippen LogP) is 1.71. The summed E-state index contributed by atoms with van der Waals surface area (Å²) in [6.07, 6.45) is 4.38. The van der Waals surface area contributed by atoms with Gasteiger partial charge in [0, 0.05) is 25.1 Å². The quantitative estimate of drug-likeness (QED) is 0.837. The van der Waals surface area contributed by atoms with E-state index in [-0.39, 0.29) is 5.91 Å². The number of rotatable bonds is 7. The van der Waals surface area contributed by atoms with Crippen molar-refractivity contribution in [3.63, 3.8) is 0 Å². The summed E-state index contributed by atoms with van der Waals surface area (Å²) in [5, 5.41) is 6.76. The lowest BCUT2D eigenvalue weighted by Gasteiger charge is -2.08. The second-order valence-corrected chi connectivity index (χ2v) is 5.12. The summed E-state index contributed by atoms with van der Waals surface area (Å²) in [6.45, 7) is 2.73. The fourth-order valence-electron chi connectivity index (χ4n) is 2.07. The number of carbonyl (C=O) groups excluding carboxylic acids is 1. The molecule has 0 spiro atoms. The molecule has 0 saturated heterocycles. The van der Waals surface area contributed by atoms with Crippen molar-refractivity contribution in [3.8, 4) is 5.88 Å². The lowest BCUT2D eigenvalue weighted by atomic mass is 10.2. The third-order valence-electron chi connectivity index (χ3n) is 3.35. The molecule has 22 heavy (non-hydrogen) atoms. The van der Waals surface area contributed by atoms with Gasteiger partial charge in [-0.05, 0) is 31.9 Å². The number of nitrogens with one attached hydrogen (secondary N) is 1. The molecule has 7 nitrogen and oxygen atoms in total. The molecule has 0 unspecified atom stereocenters. The van der Waals surface area contributed by atoms with Crippen molar-refractivity contribution in [1.29, 1.82) is 0 Å². The Morgan fingerprint density at radius 1 is 1.50 bits per heavy atom. The number of amides is 1. The Labute approximate surface area is 128 Å². The van der Waals surface area contributed by atoms with Crippen LogP contribution in [0.4, 0.5) is 0 Å². The Bertz CT molecular complexity index is 652. The molecule has 1 fully saturated rings. The maximum absolute atomic E-state index is 12.2. The van der Waals surface area contributed by atoms with Crippen LogP contribution in [0.1, 0.15) is 47.8 Å². The second-order valence-electron chi connectivity index (χ2n) is 5.12. The SMILES string of the molecule is CCOc1ncccc1C(=O)NCCc1nc(C2CC2)no1. The van der Waals surface area contributed by atoms with Crippen molar-refractivity contribution < 1.29 is 14.1 Å². The number of hydrogen-bond acceptors (Lipinski definition) is 6. The van der Waals surface area contributed by atoms with Crippen LogP contribution in [0.3, 0.4) is 0 Å². The van der Waals surface area contributed by atoms with E-state index in [0.717, 1.165) is 18.7 Å². The highest BCUT2D eigenvalue weighted by atomic mass is 16.5. The first-order valence-electron chi connectivity index (χ1n) is 7.46. The molecule has 2 aromatic rings. The summed E-state index contributed by atoms with van der Waals surface area (Å²) in [4.78, 5) is 20.5. The first-order chi connectivity index (χ1) is 10.8. The van der Waals surface area contributed by atoms with Gasteiger partial charge >= 0.3 is 0 Å². The molecule has 2 heterocycles. The van der Waals surface area contributed by atoms with E-state index in [9.17, 15) is 4.79 Å². The van der Waals surface area contributed by atoms with Crippen LogP contribution >= 0.6 is 0 Å². The molecule has 116 valence electrons. The topological polar surface area (TPSA) is 90.1 Å². The van der Waals surface area contributed by atoms with Gasteiger partial charge in [-0.25, -0.2) is 4.98 Å². The smallest absolute Gasteiger partial charge is 0.256 e. The highest BCUT2D eigenvalue weighted by molar-refractivity contribution is 5.96. The number of hydrogen-bond donors (Lipinski definition) is 1. The van der Waals surface area contributed by atoms with Gasteiger partial charge in [-0.15, -0.1) is 0 Å². The van der Waals surface area contributed by atoms with E-state index >= 15 is 0 Å². The third-order valence-corrected chi connectivity index (χ3v) is 3.35. The maximum atomic E-state index is 12.2. The lowest BCUT2D eigenvalue weighted by Crippen LogP contribution is -2.26. The van der Waals surface area contributed by atoms with Crippen LogP contribution in [-0.2, 0) is 6.42 Å². The summed E-state index contributed by atoms with van der Waals surface area (Å²) in [6, 6.07) is 3.39.